The van der Waals surface area contributed by atoms with Crippen molar-refractivity contribution in [2.45, 2.75) is 11.1 Å². The number of fused-ring (bicyclic) bond motifs is 1. The molecule has 0 unspecified atom stereocenters. The third kappa shape index (κ3) is 3.88. The summed E-state index contributed by atoms with van der Waals surface area (Å²) in [6, 6.07) is 12.7. The molecule has 0 saturated carbocycles. The van der Waals surface area contributed by atoms with Crippen LogP contribution in [-0.2, 0) is 16.2 Å². The first kappa shape index (κ1) is 20.3. The Balaban J connectivity index is 2.15. The molecule has 0 heterocycles. The molecule has 0 saturated heterocycles. The highest BCUT2D eigenvalue weighted by atomic mass is 35.5. The monoisotopic (exact) mass is 428 g/mol. The third-order valence-corrected chi connectivity index (χ3v) is 5.82. The number of hydrogen-bond donors (Lipinski definition) is 1. The van der Waals surface area contributed by atoms with Crippen molar-refractivity contribution in [3.05, 3.63) is 65.2 Å². The van der Waals surface area contributed by atoms with E-state index in [0.717, 1.165) is 11.8 Å². The Hall–Kier alpha value is -2.45. The fraction of sp³-hybridized carbons (Fsp3) is 0.158. The zero-order chi connectivity index (χ0) is 20.7. The second kappa shape index (κ2) is 7.18. The van der Waals surface area contributed by atoms with E-state index in [-0.39, 0.29) is 9.92 Å². The topological polar surface area (TPSA) is 49.4 Å². The van der Waals surface area contributed by atoms with Crippen LogP contribution in [-0.4, -0.2) is 22.5 Å². The highest BCUT2D eigenvalue weighted by Gasteiger charge is 2.35. The maximum atomic E-state index is 13.3. The molecule has 28 heavy (non-hydrogen) atoms. The summed E-state index contributed by atoms with van der Waals surface area (Å²) in [5, 5.41) is 0.933. The standard InChI is InChI=1S/C19H16ClF3N2O2S/c1-25(2)17-7-3-6-14-13(17)5-4-8-18(14)28(26,27)24-16-10-9-12(20)11-15(16)19(21,22)23/h3-11,24H,1-2H3. The van der Waals surface area contributed by atoms with Gasteiger partial charge in [0.1, 0.15) is 0 Å². The Kier molecular flexibility index (Phi) is 5.20. The Morgan fingerprint density at radius 3 is 2.25 bits per heavy atom. The summed E-state index contributed by atoms with van der Waals surface area (Å²) in [4.78, 5) is 1.71. The molecule has 3 aromatic carbocycles. The number of nitrogens with one attached hydrogen (secondary N) is 1. The quantitative estimate of drug-likeness (QED) is 0.607. The van der Waals surface area contributed by atoms with Crippen LogP contribution in [0.25, 0.3) is 10.8 Å². The van der Waals surface area contributed by atoms with Gasteiger partial charge < -0.3 is 4.90 Å². The first-order chi connectivity index (χ1) is 13.0. The van der Waals surface area contributed by atoms with Crippen molar-refractivity contribution in [3.63, 3.8) is 0 Å². The first-order valence-corrected chi connectivity index (χ1v) is 9.95. The number of sulfonamides is 1. The third-order valence-electron chi connectivity index (χ3n) is 4.16. The van der Waals surface area contributed by atoms with Gasteiger partial charge in [-0.05, 0) is 30.3 Å². The summed E-state index contributed by atoms with van der Waals surface area (Å²) in [7, 11) is -0.656. The number of anilines is 2. The number of halogens is 4. The number of rotatable bonds is 4. The summed E-state index contributed by atoms with van der Waals surface area (Å²) in [6.07, 6.45) is -4.76. The highest BCUT2D eigenvalue weighted by Crippen LogP contribution is 2.38. The molecule has 0 aliphatic rings. The maximum Gasteiger partial charge on any atom is 0.418 e. The van der Waals surface area contributed by atoms with Gasteiger partial charge in [-0.3, -0.25) is 4.72 Å². The molecule has 0 aromatic heterocycles. The second-order valence-corrected chi connectivity index (χ2v) is 8.40. The Bertz CT molecular complexity index is 1150. The van der Waals surface area contributed by atoms with Crippen LogP contribution >= 0.6 is 11.6 Å². The van der Waals surface area contributed by atoms with Crippen molar-refractivity contribution in [1.29, 1.82) is 0 Å². The fourth-order valence-electron chi connectivity index (χ4n) is 2.93. The lowest BCUT2D eigenvalue weighted by molar-refractivity contribution is -0.136. The van der Waals surface area contributed by atoms with Gasteiger partial charge in [0.2, 0.25) is 0 Å². The summed E-state index contributed by atoms with van der Waals surface area (Å²) in [5.41, 5.74) is -0.951. The van der Waals surface area contributed by atoms with E-state index >= 15 is 0 Å². The molecule has 1 N–H and O–H groups in total. The number of hydrogen-bond acceptors (Lipinski definition) is 3. The normalized spacial score (nSPS) is 12.2. The van der Waals surface area contributed by atoms with Crippen molar-refractivity contribution in [2.75, 3.05) is 23.7 Å². The summed E-state index contributed by atoms with van der Waals surface area (Å²) in [5.74, 6) is 0. The van der Waals surface area contributed by atoms with E-state index in [1.165, 1.54) is 12.1 Å². The Morgan fingerprint density at radius 1 is 0.964 bits per heavy atom. The van der Waals surface area contributed by atoms with Crippen molar-refractivity contribution in [1.82, 2.24) is 0 Å². The molecule has 3 rings (SSSR count). The van der Waals surface area contributed by atoms with Gasteiger partial charge in [-0.25, -0.2) is 8.42 Å². The van der Waals surface area contributed by atoms with Gasteiger partial charge in [0, 0.05) is 35.6 Å². The fourth-order valence-corrected chi connectivity index (χ4v) is 4.40. The predicted molar refractivity (Wildman–Crippen MR) is 106 cm³/mol. The van der Waals surface area contributed by atoms with Gasteiger partial charge in [-0.15, -0.1) is 0 Å². The molecule has 0 radical (unpaired) electrons. The molecule has 0 aliphatic carbocycles. The molecule has 0 fully saturated rings. The molecule has 3 aromatic rings. The lowest BCUT2D eigenvalue weighted by Gasteiger charge is -2.18. The maximum absolute atomic E-state index is 13.3. The average Bonchev–Trinajstić information content (AvgIpc) is 2.61. The van der Waals surface area contributed by atoms with Gasteiger partial charge in [0.05, 0.1) is 16.1 Å². The van der Waals surface area contributed by atoms with E-state index in [2.05, 4.69) is 4.72 Å². The van der Waals surface area contributed by atoms with Gasteiger partial charge in [-0.1, -0.05) is 35.9 Å². The minimum atomic E-state index is -4.76. The van der Waals surface area contributed by atoms with Crippen molar-refractivity contribution in [2.24, 2.45) is 0 Å². The van der Waals surface area contributed by atoms with E-state index in [4.69, 9.17) is 11.6 Å². The van der Waals surface area contributed by atoms with Crippen LogP contribution in [0.15, 0.2) is 59.5 Å². The van der Waals surface area contributed by atoms with Crippen molar-refractivity contribution < 1.29 is 21.6 Å². The molecular weight excluding hydrogens is 413 g/mol. The van der Waals surface area contributed by atoms with Crippen LogP contribution in [0.1, 0.15) is 5.56 Å². The Morgan fingerprint density at radius 2 is 1.61 bits per heavy atom. The van der Waals surface area contributed by atoms with E-state index in [1.807, 2.05) is 25.1 Å². The largest absolute Gasteiger partial charge is 0.418 e. The van der Waals surface area contributed by atoms with Crippen LogP contribution in [0.3, 0.4) is 0 Å². The van der Waals surface area contributed by atoms with Gasteiger partial charge in [0.25, 0.3) is 10.0 Å². The molecule has 148 valence electrons. The van der Waals surface area contributed by atoms with Gasteiger partial charge >= 0.3 is 6.18 Å². The lowest BCUT2D eigenvalue weighted by Crippen LogP contribution is -2.18. The summed E-state index contributed by atoms with van der Waals surface area (Å²) < 4.78 is 67.8. The van der Waals surface area contributed by atoms with Crippen LogP contribution in [0, 0.1) is 0 Å². The first-order valence-electron chi connectivity index (χ1n) is 8.09. The van der Waals surface area contributed by atoms with Crippen molar-refractivity contribution in [3.8, 4) is 0 Å². The number of benzene rings is 3. The molecule has 9 heteroatoms. The molecule has 0 aliphatic heterocycles. The highest BCUT2D eigenvalue weighted by molar-refractivity contribution is 7.93. The van der Waals surface area contributed by atoms with E-state index in [0.29, 0.717) is 16.8 Å². The second-order valence-electron chi connectivity index (χ2n) is 6.32. The Labute approximate surface area is 165 Å². The lowest BCUT2D eigenvalue weighted by atomic mass is 10.1. The van der Waals surface area contributed by atoms with E-state index in [9.17, 15) is 21.6 Å². The zero-order valence-electron chi connectivity index (χ0n) is 14.9. The van der Waals surface area contributed by atoms with Crippen LogP contribution in [0.5, 0.6) is 0 Å². The molecular formula is C19H16ClF3N2O2S. The molecule has 4 nitrogen and oxygen atoms in total. The minimum absolute atomic E-state index is 0.114. The minimum Gasteiger partial charge on any atom is -0.377 e. The SMILES string of the molecule is CN(C)c1cccc2c(S(=O)(=O)Nc3ccc(Cl)cc3C(F)(F)F)cccc12. The molecule has 0 amide bonds. The smallest absolute Gasteiger partial charge is 0.377 e. The molecule has 0 atom stereocenters. The van der Waals surface area contributed by atoms with Crippen LogP contribution in [0.2, 0.25) is 5.02 Å². The number of alkyl halides is 3. The number of nitrogens with zero attached hydrogens (tertiary/aromatic N) is 1. The molecule has 0 spiro atoms. The summed E-state index contributed by atoms with van der Waals surface area (Å²) >= 11 is 5.65. The average molecular weight is 429 g/mol. The van der Waals surface area contributed by atoms with Crippen molar-refractivity contribution >= 4 is 43.8 Å². The predicted octanol–water partition coefficient (Wildman–Crippen LogP) is 5.38. The van der Waals surface area contributed by atoms with Crippen LogP contribution < -0.4 is 9.62 Å². The zero-order valence-corrected chi connectivity index (χ0v) is 16.5. The summed E-state index contributed by atoms with van der Waals surface area (Å²) in [6.45, 7) is 0. The van der Waals surface area contributed by atoms with E-state index < -0.39 is 27.5 Å². The molecule has 0 bridgehead atoms. The van der Waals surface area contributed by atoms with Gasteiger partial charge in [0.15, 0.2) is 0 Å². The van der Waals surface area contributed by atoms with Crippen LogP contribution in [0.4, 0.5) is 24.5 Å². The van der Waals surface area contributed by atoms with E-state index in [1.54, 1.807) is 24.3 Å². The van der Waals surface area contributed by atoms with Gasteiger partial charge in [-0.2, -0.15) is 13.2 Å².